The fraction of sp³-hybridized carbons (Fsp3) is 0.321. The van der Waals surface area contributed by atoms with Crippen molar-refractivity contribution in [1.82, 2.24) is 0 Å². The zero-order chi connectivity index (χ0) is 25.5. The number of nitrogens with zero attached hydrogens (tertiary/aromatic N) is 1. The standard InChI is InChI=1S/C13H14FNO2.C8H10O.C7H7FO/c14-11-3-1-2-10(6-11)8-16-9-13-5-4-12(7-15)17-13;1-7-3-2-4-8(5-7)6-9;8-7-3-1-2-6(4-7)5-9/h1-3,6,12-13H,4-5,8-9H2;2-5,9H,6H2,1H3;1-4,9H,5H2/t12-,13+;;/m1../s1. The largest absolute Gasteiger partial charge is 0.392 e. The van der Waals surface area contributed by atoms with E-state index in [9.17, 15) is 8.78 Å². The lowest BCUT2D eigenvalue weighted by atomic mass is 10.1. The molecular formula is C28H31F2NO4. The second kappa shape index (κ2) is 15.7. The fourth-order valence-corrected chi connectivity index (χ4v) is 3.30. The molecule has 5 nitrogen and oxygen atoms in total. The van der Waals surface area contributed by atoms with E-state index in [1.54, 1.807) is 18.2 Å². The Balaban J connectivity index is 0.000000203. The molecule has 7 heteroatoms. The molecule has 0 bridgehead atoms. The van der Waals surface area contributed by atoms with Gasteiger partial charge < -0.3 is 19.7 Å². The number of rotatable bonds is 6. The molecule has 1 saturated heterocycles. The molecule has 2 N–H and O–H groups in total. The maximum atomic E-state index is 12.9. The molecule has 2 atom stereocenters. The van der Waals surface area contributed by atoms with Gasteiger partial charge in [0.05, 0.1) is 38.6 Å². The summed E-state index contributed by atoms with van der Waals surface area (Å²) in [5, 5.41) is 25.8. The summed E-state index contributed by atoms with van der Waals surface area (Å²) in [4.78, 5) is 0. The highest BCUT2D eigenvalue weighted by Crippen LogP contribution is 2.19. The first-order valence-electron chi connectivity index (χ1n) is 11.3. The third kappa shape index (κ3) is 11.2. The van der Waals surface area contributed by atoms with Gasteiger partial charge in [0, 0.05) is 0 Å². The number of hydrogen-bond donors (Lipinski definition) is 2. The van der Waals surface area contributed by atoms with E-state index in [1.165, 1.54) is 29.8 Å². The van der Waals surface area contributed by atoms with Gasteiger partial charge in [0.1, 0.15) is 17.7 Å². The molecule has 0 aliphatic carbocycles. The smallest absolute Gasteiger partial charge is 0.144 e. The number of hydrogen-bond acceptors (Lipinski definition) is 5. The molecule has 186 valence electrons. The lowest BCUT2D eigenvalue weighted by Crippen LogP contribution is -2.16. The minimum Gasteiger partial charge on any atom is -0.392 e. The van der Waals surface area contributed by atoms with E-state index in [2.05, 4.69) is 6.07 Å². The minimum atomic E-state index is -0.304. The Labute approximate surface area is 205 Å². The van der Waals surface area contributed by atoms with E-state index in [0.717, 1.165) is 24.0 Å². The average molecular weight is 484 g/mol. The van der Waals surface area contributed by atoms with Crippen LogP contribution in [0.15, 0.2) is 72.8 Å². The molecule has 0 spiro atoms. The molecule has 1 aliphatic rings. The average Bonchev–Trinajstić information content (AvgIpc) is 3.33. The molecule has 0 aromatic heterocycles. The van der Waals surface area contributed by atoms with Crippen LogP contribution in [0.25, 0.3) is 0 Å². The molecule has 0 unspecified atom stereocenters. The predicted octanol–water partition coefficient (Wildman–Crippen LogP) is 5.22. The van der Waals surface area contributed by atoms with Crippen LogP contribution in [0.1, 0.15) is 35.1 Å². The van der Waals surface area contributed by atoms with Crippen LogP contribution >= 0.6 is 0 Å². The Kier molecular flexibility index (Phi) is 12.6. The topological polar surface area (TPSA) is 82.7 Å². The van der Waals surface area contributed by atoms with Crippen molar-refractivity contribution in [3.8, 4) is 6.07 Å². The van der Waals surface area contributed by atoms with Crippen LogP contribution in [-0.2, 0) is 29.3 Å². The van der Waals surface area contributed by atoms with E-state index in [1.807, 2.05) is 37.3 Å². The molecule has 35 heavy (non-hydrogen) atoms. The van der Waals surface area contributed by atoms with E-state index in [0.29, 0.717) is 18.8 Å². The van der Waals surface area contributed by atoms with Crippen molar-refractivity contribution >= 4 is 0 Å². The summed E-state index contributed by atoms with van der Waals surface area (Å²) >= 11 is 0. The molecule has 1 aliphatic heterocycles. The molecule has 4 rings (SSSR count). The first-order valence-corrected chi connectivity index (χ1v) is 11.3. The summed E-state index contributed by atoms with van der Waals surface area (Å²) in [6, 6.07) is 22.1. The molecule has 1 heterocycles. The quantitative estimate of drug-likeness (QED) is 0.502. The Morgan fingerprint density at radius 3 is 1.94 bits per heavy atom. The number of aryl methyl sites for hydroxylation is 1. The summed E-state index contributed by atoms with van der Waals surface area (Å²) < 4.78 is 36.0. The van der Waals surface area contributed by atoms with Gasteiger partial charge in [-0.3, -0.25) is 0 Å². The van der Waals surface area contributed by atoms with Gasteiger partial charge in [0.25, 0.3) is 0 Å². The highest BCUT2D eigenvalue weighted by Gasteiger charge is 2.24. The molecule has 3 aromatic rings. The van der Waals surface area contributed by atoms with Crippen molar-refractivity contribution < 1.29 is 28.5 Å². The third-order valence-electron chi connectivity index (χ3n) is 5.05. The highest BCUT2D eigenvalue weighted by atomic mass is 19.1. The van der Waals surface area contributed by atoms with Crippen molar-refractivity contribution in [1.29, 1.82) is 5.26 Å². The Bertz CT molecular complexity index is 1030. The normalized spacial score (nSPS) is 16.3. The minimum absolute atomic E-state index is 0.00629. The third-order valence-corrected chi connectivity index (χ3v) is 5.05. The number of ether oxygens (including phenoxy) is 2. The molecular weight excluding hydrogens is 452 g/mol. The van der Waals surface area contributed by atoms with Gasteiger partial charge in [-0.2, -0.15) is 5.26 Å². The fourth-order valence-electron chi connectivity index (χ4n) is 3.30. The number of aliphatic hydroxyl groups is 2. The molecule has 1 fully saturated rings. The summed E-state index contributed by atoms with van der Waals surface area (Å²) in [6.45, 7) is 2.88. The van der Waals surface area contributed by atoms with Gasteiger partial charge in [-0.05, 0) is 60.7 Å². The zero-order valence-electron chi connectivity index (χ0n) is 19.7. The SMILES string of the molecule is Cc1cccc(CO)c1.N#C[C@H]1CC[C@@H](COCc2cccc(F)c2)O1.OCc1cccc(F)c1. The number of nitriles is 1. The summed E-state index contributed by atoms with van der Waals surface area (Å²) in [5.41, 5.74) is 3.59. The monoisotopic (exact) mass is 483 g/mol. The van der Waals surface area contributed by atoms with Crippen LogP contribution in [0, 0.1) is 29.9 Å². The van der Waals surface area contributed by atoms with Crippen LogP contribution < -0.4 is 0 Å². The van der Waals surface area contributed by atoms with Gasteiger partial charge in [-0.25, -0.2) is 8.78 Å². The summed E-state index contributed by atoms with van der Waals surface area (Å²) in [5.74, 6) is -0.561. The van der Waals surface area contributed by atoms with Crippen molar-refractivity contribution in [2.24, 2.45) is 0 Å². The van der Waals surface area contributed by atoms with E-state index < -0.39 is 0 Å². The van der Waals surface area contributed by atoms with Gasteiger partial charge in [-0.1, -0.05) is 54.1 Å². The van der Waals surface area contributed by atoms with Crippen molar-refractivity contribution in [2.45, 2.75) is 51.8 Å². The second-order valence-corrected chi connectivity index (χ2v) is 8.03. The Morgan fingerprint density at radius 2 is 1.46 bits per heavy atom. The second-order valence-electron chi connectivity index (χ2n) is 8.03. The van der Waals surface area contributed by atoms with Crippen molar-refractivity contribution in [3.63, 3.8) is 0 Å². The van der Waals surface area contributed by atoms with Crippen LogP contribution in [-0.4, -0.2) is 29.0 Å². The van der Waals surface area contributed by atoms with Gasteiger partial charge in [-0.15, -0.1) is 0 Å². The zero-order valence-corrected chi connectivity index (χ0v) is 19.7. The Morgan fingerprint density at radius 1 is 0.886 bits per heavy atom. The molecule has 3 aromatic carbocycles. The van der Waals surface area contributed by atoms with E-state index in [-0.39, 0.29) is 37.1 Å². The molecule has 0 radical (unpaired) electrons. The lowest BCUT2D eigenvalue weighted by molar-refractivity contribution is -0.00505. The highest BCUT2D eigenvalue weighted by molar-refractivity contribution is 5.21. The number of benzene rings is 3. The summed E-state index contributed by atoms with van der Waals surface area (Å²) in [6.07, 6.45) is 1.32. The maximum Gasteiger partial charge on any atom is 0.144 e. The van der Waals surface area contributed by atoms with Gasteiger partial charge in [0.15, 0.2) is 0 Å². The van der Waals surface area contributed by atoms with E-state index in [4.69, 9.17) is 24.9 Å². The predicted molar refractivity (Wildman–Crippen MR) is 129 cm³/mol. The van der Waals surface area contributed by atoms with Crippen LogP contribution in [0.5, 0.6) is 0 Å². The van der Waals surface area contributed by atoms with Crippen molar-refractivity contribution in [3.05, 3.63) is 107 Å². The maximum absolute atomic E-state index is 12.9. The first-order chi connectivity index (χ1) is 16.9. The van der Waals surface area contributed by atoms with E-state index >= 15 is 0 Å². The van der Waals surface area contributed by atoms with Crippen LogP contribution in [0.3, 0.4) is 0 Å². The molecule has 0 amide bonds. The number of halogens is 2. The van der Waals surface area contributed by atoms with Crippen molar-refractivity contribution in [2.75, 3.05) is 6.61 Å². The molecule has 0 saturated carbocycles. The van der Waals surface area contributed by atoms with Crippen LogP contribution in [0.2, 0.25) is 0 Å². The number of aliphatic hydroxyl groups excluding tert-OH is 2. The van der Waals surface area contributed by atoms with Gasteiger partial charge >= 0.3 is 0 Å². The first kappa shape index (κ1) is 28.1. The van der Waals surface area contributed by atoms with Gasteiger partial charge in [0.2, 0.25) is 0 Å². The Hall–Kier alpha value is -3.15. The lowest BCUT2D eigenvalue weighted by Gasteiger charge is -2.10. The summed E-state index contributed by atoms with van der Waals surface area (Å²) in [7, 11) is 0. The van der Waals surface area contributed by atoms with Crippen LogP contribution in [0.4, 0.5) is 8.78 Å².